The predicted octanol–water partition coefficient (Wildman–Crippen LogP) is 4.35. The minimum atomic E-state index is -0.658. The Kier molecular flexibility index (Phi) is 6.59. The van der Waals surface area contributed by atoms with Crippen molar-refractivity contribution in [3.05, 3.63) is 93.0 Å². The molecule has 0 fully saturated rings. The molecule has 7 heteroatoms. The van der Waals surface area contributed by atoms with Gasteiger partial charge in [-0.25, -0.2) is 8.78 Å². The van der Waals surface area contributed by atoms with Crippen molar-refractivity contribution in [2.24, 2.45) is 0 Å². The lowest BCUT2D eigenvalue weighted by molar-refractivity contribution is 0.296. The standard InChI is InChI=1S/C21H20BrF2N3O/c1-26-11-14-3-2-4-15(9-14)12-27-8-7-19(20(22)21(27)25)28-13-16-5-6-17(23)10-18(16)24/h2-10,25-26H,11-13H2,1H3. The van der Waals surface area contributed by atoms with Gasteiger partial charge in [0.2, 0.25) is 0 Å². The number of pyridine rings is 1. The SMILES string of the molecule is CNCc1cccc(Cn2ccc(OCc3ccc(F)cc3F)c(Br)c2=N)c1. The summed E-state index contributed by atoms with van der Waals surface area (Å²) in [5, 5.41) is 11.5. The highest BCUT2D eigenvalue weighted by atomic mass is 79.9. The van der Waals surface area contributed by atoms with Crippen LogP contribution in [0.3, 0.4) is 0 Å². The number of aromatic nitrogens is 1. The third-order valence-corrected chi connectivity index (χ3v) is 5.01. The number of nitrogens with zero attached hydrogens (tertiary/aromatic N) is 1. The Bertz CT molecular complexity index is 1040. The van der Waals surface area contributed by atoms with Crippen LogP contribution in [0.2, 0.25) is 0 Å². The van der Waals surface area contributed by atoms with Crippen molar-refractivity contribution in [2.45, 2.75) is 19.7 Å². The van der Waals surface area contributed by atoms with Gasteiger partial charge in [-0.2, -0.15) is 0 Å². The van der Waals surface area contributed by atoms with Crippen molar-refractivity contribution in [1.82, 2.24) is 9.88 Å². The first kappa shape index (κ1) is 20.2. The van der Waals surface area contributed by atoms with E-state index in [-0.39, 0.29) is 17.7 Å². The lowest BCUT2D eigenvalue weighted by atomic mass is 10.1. The third kappa shape index (κ3) is 4.85. The van der Waals surface area contributed by atoms with Gasteiger partial charge in [0.25, 0.3) is 0 Å². The van der Waals surface area contributed by atoms with E-state index in [1.54, 1.807) is 16.8 Å². The van der Waals surface area contributed by atoms with Gasteiger partial charge < -0.3 is 14.6 Å². The first-order valence-electron chi connectivity index (χ1n) is 8.70. The number of hydrogen-bond donors (Lipinski definition) is 2. The molecule has 0 aliphatic heterocycles. The summed E-state index contributed by atoms with van der Waals surface area (Å²) in [7, 11) is 1.90. The van der Waals surface area contributed by atoms with E-state index in [1.165, 1.54) is 17.7 Å². The van der Waals surface area contributed by atoms with Crippen molar-refractivity contribution in [3.63, 3.8) is 0 Å². The van der Waals surface area contributed by atoms with Gasteiger partial charge in [0.05, 0.1) is 0 Å². The van der Waals surface area contributed by atoms with Crippen LogP contribution in [-0.2, 0) is 19.7 Å². The van der Waals surface area contributed by atoms with E-state index >= 15 is 0 Å². The molecule has 0 aliphatic rings. The van der Waals surface area contributed by atoms with Gasteiger partial charge in [-0.05, 0) is 52.3 Å². The maximum Gasteiger partial charge on any atom is 0.143 e. The molecule has 0 unspecified atom stereocenters. The van der Waals surface area contributed by atoms with Crippen molar-refractivity contribution < 1.29 is 13.5 Å². The second-order valence-corrected chi connectivity index (χ2v) is 7.14. The van der Waals surface area contributed by atoms with Gasteiger partial charge in [0.1, 0.15) is 34.0 Å². The number of hydrogen-bond acceptors (Lipinski definition) is 3. The molecular formula is C21H20BrF2N3O. The zero-order chi connectivity index (χ0) is 20.1. The minimum absolute atomic E-state index is 0.0553. The summed E-state index contributed by atoms with van der Waals surface area (Å²) in [4.78, 5) is 0. The summed E-state index contributed by atoms with van der Waals surface area (Å²) in [5.74, 6) is -0.862. The molecule has 3 rings (SSSR count). The molecule has 0 amide bonds. The largest absolute Gasteiger partial charge is 0.487 e. The molecule has 2 aromatic carbocycles. The van der Waals surface area contributed by atoms with Crippen LogP contribution in [0.1, 0.15) is 16.7 Å². The maximum absolute atomic E-state index is 13.7. The molecule has 146 valence electrons. The van der Waals surface area contributed by atoms with Gasteiger partial charge in [-0.15, -0.1) is 0 Å². The van der Waals surface area contributed by atoms with Crippen molar-refractivity contribution >= 4 is 15.9 Å². The number of benzene rings is 2. The molecule has 0 spiro atoms. The van der Waals surface area contributed by atoms with E-state index in [0.29, 0.717) is 16.8 Å². The third-order valence-electron chi connectivity index (χ3n) is 4.24. The van der Waals surface area contributed by atoms with E-state index < -0.39 is 11.6 Å². The van der Waals surface area contributed by atoms with E-state index in [9.17, 15) is 8.78 Å². The van der Waals surface area contributed by atoms with Crippen LogP contribution < -0.4 is 15.5 Å². The van der Waals surface area contributed by atoms with Crippen LogP contribution >= 0.6 is 15.9 Å². The summed E-state index contributed by atoms with van der Waals surface area (Å²) in [5.41, 5.74) is 2.75. The fourth-order valence-electron chi connectivity index (χ4n) is 2.82. The van der Waals surface area contributed by atoms with Crippen LogP contribution in [0, 0.1) is 17.0 Å². The summed E-state index contributed by atoms with van der Waals surface area (Å²) >= 11 is 3.39. The topological polar surface area (TPSA) is 50.0 Å². The van der Waals surface area contributed by atoms with Crippen molar-refractivity contribution in [2.75, 3.05) is 7.05 Å². The van der Waals surface area contributed by atoms with Gasteiger partial charge in [-0.3, -0.25) is 5.41 Å². The zero-order valence-electron chi connectivity index (χ0n) is 15.3. The average molecular weight is 448 g/mol. The Labute approximate surface area is 170 Å². The van der Waals surface area contributed by atoms with Gasteiger partial charge in [-0.1, -0.05) is 24.3 Å². The minimum Gasteiger partial charge on any atom is -0.487 e. The van der Waals surface area contributed by atoms with E-state index in [4.69, 9.17) is 10.1 Å². The molecule has 1 heterocycles. The molecule has 3 aromatic rings. The maximum atomic E-state index is 13.7. The number of rotatable bonds is 7. The summed E-state index contributed by atoms with van der Waals surface area (Å²) < 4.78 is 34.6. The fourth-order valence-corrected chi connectivity index (χ4v) is 3.30. The molecule has 2 N–H and O–H groups in total. The lowest BCUT2D eigenvalue weighted by Gasteiger charge is -2.13. The highest BCUT2D eigenvalue weighted by Crippen LogP contribution is 2.22. The second kappa shape index (κ2) is 9.12. The Morgan fingerprint density at radius 1 is 1.11 bits per heavy atom. The first-order chi connectivity index (χ1) is 13.5. The summed E-state index contributed by atoms with van der Waals surface area (Å²) in [6.45, 7) is 1.27. The molecule has 0 atom stereocenters. The Balaban J connectivity index is 1.75. The summed E-state index contributed by atoms with van der Waals surface area (Å²) in [6.07, 6.45) is 1.76. The molecule has 1 aromatic heterocycles. The smallest absolute Gasteiger partial charge is 0.143 e. The molecule has 0 saturated heterocycles. The van der Waals surface area contributed by atoms with Crippen molar-refractivity contribution in [1.29, 1.82) is 5.41 Å². The van der Waals surface area contributed by atoms with Crippen LogP contribution in [0.25, 0.3) is 0 Å². The Hall–Kier alpha value is -2.51. The fraction of sp³-hybridized carbons (Fsp3) is 0.190. The Morgan fingerprint density at radius 2 is 1.89 bits per heavy atom. The Morgan fingerprint density at radius 3 is 2.64 bits per heavy atom. The van der Waals surface area contributed by atoms with Gasteiger partial charge in [0, 0.05) is 30.9 Å². The lowest BCUT2D eigenvalue weighted by Crippen LogP contribution is -2.21. The second-order valence-electron chi connectivity index (χ2n) is 6.35. The molecule has 0 saturated carbocycles. The monoisotopic (exact) mass is 447 g/mol. The van der Waals surface area contributed by atoms with Crippen LogP contribution in [0.4, 0.5) is 8.78 Å². The normalized spacial score (nSPS) is 10.9. The van der Waals surface area contributed by atoms with E-state index in [1.807, 2.05) is 25.2 Å². The highest BCUT2D eigenvalue weighted by molar-refractivity contribution is 9.10. The molecule has 28 heavy (non-hydrogen) atoms. The molecule has 0 aliphatic carbocycles. The molecule has 4 nitrogen and oxygen atoms in total. The molecular weight excluding hydrogens is 428 g/mol. The quantitative estimate of drug-likeness (QED) is 0.565. The predicted molar refractivity (Wildman–Crippen MR) is 107 cm³/mol. The first-order valence-corrected chi connectivity index (χ1v) is 9.50. The van der Waals surface area contributed by atoms with Crippen molar-refractivity contribution in [3.8, 4) is 5.75 Å². The zero-order valence-corrected chi connectivity index (χ0v) is 16.9. The van der Waals surface area contributed by atoms with Crippen LogP contribution in [0.15, 0.2) is 59.2 Å². The molecule has 0 bridgehead atoms. The summed E-state index contributed by atoms with van der Waals surface area (Å²) in [6, 6.07) is 13.2. The molecule has 0 radical (unpaired) electrons. The van der Waals surface area contributed by atoms with Gasteiger partial charge >= 0.3 is 0 Å². The van der Waals surface area contributed by atoms with Crippen LogP contribution in [0.5, 0.6) is 5.75 Å². The van der Waals surface area contributed by atoms with Crippen LogP contribution in [-0.4, -0.2) is 11.6 Å². The van der Waals surface area contributed by atoms with Gasteiger partial charge in [0.15, 0.2) is 0 Å². The van der Waals surface area contributed by atoms with E-state index in [0.717, 1.165) is 18.2 Å². The average Bonchev–Trinajstić information content (AvgIpc) is 2.67. The number of halogens is 3. The highest BCUT2D eigenvalue weighted by Gasteiger charge is 2.10. The number of ether oxygens (including phenoxy) is 1. The van der Waals surface area contributed by atoms with E-state index in [2.05, 4.69) is 27.3 Å². The number of nitrogens with one attached hydrogen (secondary N) is 2.